The topological polar surface area (TPSA) is 84.1 Å². The van der Waals surface area contributed by atoms with Gasteiger partial charge in [0.25, 0.3) is 0 Å². The number of carbonyl (C=O) groups is 1. The molecule has 0 spiro atoms. The first-order valence-corrected chi connectivity index (χ1v) is 12.7. The number of hydrogen-bond acceptors (Lipinski definition) is 6. The van der Waals surface area contributed by atoms with E-state index in [1.807, 2.05) is 31.2 Å². The van der Waals surface area contributed by atoms with Crippen molar-refractivity contribution in [2.75, 3.05) is 20.3 Å². The van der Waals surface area contributed by atoms with Crippen molar-refractivity contribution in [1.29, 1.82) is 0 Å². The minimum Gasteiger partial charge on any atom is -0.465 e. The monoisotopic (exact) mass is 513 g/mol. The van der Waals surface area contributed by atoms with E-state index >= 15 is 4.39 Å². The van der Waals surface area contributed by atoms with Crippen molar-refractivity contribution in [3.63, 3.8) is 0 Å². The van der Waals surface area contributed by atoms with Crippen molar-refractivity contribution in [3.8, 4) is 11.3 Å². The summed E-state index contributed by atoms with van der Waals surface area (Å²) in [6.45, 7) is 3.19. The molecule has 194 valence electrons. The van der Waals surface area contributed by atoms with Crippen molar-refractivity contribution in [1.82, 2.24) is 24.5 Å². The molecule has 0 unspecified atom stereocenters. The molecule has 0 N–H and O–H groups in total. The molecule has 1 fully saturated rings. The van der Waals surface area contributed by atoms with E-state index in [2.05, 4.69) is 32.0 Å². The lowest BCUT2D eigenvalue weighted by atomic mass is 9.86. The molecule has 9 heteroatoms. The summed E-state index contributed by atoms with van der Waals surface area (Å²) >= 11 is 0. The predicted octanol–water partition coefficient (Wildman–Crippen LogP) is 5.24. The minimum absolute atomic E-state index is 0.129. The first kappa shape index (κ1) is 24.2. The number of aromatic nitrogens is 5. The highest BCUT2D eigenvalue weighted by Crippen LogP contribution is 2.42. The summed E-state index contributed by atoms with van der Waals surface area (Å²) in [7, 11) is 3.14. The molecule has 0 bridgehead atoms. The Morgan fingerprint density at radius 1 is 1.13 bits per heavy atom. The maximum atomic E-state index is 16.1. The molecule has 3 aromatic heterocycles. The van der Waals surface area contributed by atoms with Gasteiger partial charge in [0.05, 0.1) is 52.0 Å². The van der Waals surface area contributed by atoms with Gasteiger partial charge >= 0.3 is 5.97 Å². The largest absolute Gasteiger partial charge is 0.465 e. The third kappa shape index (κ3) is 3.94. The molecule has 0 radical (unpaired) electrons. The highest BCUT2D eigenvalue weighted by molar-refractivity contribution is 6.09. The van der Waals surface area contributed by atoms with Crippen LogP contribution in [0.4, 0.5) is 4.39 Å². The summed E-state index contributed by atoms with van der Waals surface area (Å²) in [6.07, 6.45) is 3.17. The fourth-order valence-electron chi connectivity index (χ4n) is 5.81. The third-order valence-electron chi connectivity index (χ3n) is 7.51. The Labute approximate surface area is 219 Å². The lowest BCUT2D eigenvalue weighted by molar-refractivity contribution is 0.0553. The van der Waals surface area contributed by atoms with Gasteiger partial charge in [-0.1, -0.05) is 35.5 Å². The van der Waals surface area contributed by atoms with Crippen molar-refractivity contribution in [2.45, 2.75) is 25.8 Å². The Kier molecular flexibility index (Phi) is 6.15. The zero-order valence-corrected chi connectivity index (χ0v) is 21.5. The molecular formula is C29H28FN5O3. The molecule has 0 amide bonds. The van der Waals surface area contributed by atoms with Crippen LogP contribution in [0.2, 0.25) is 0 Å². The van der Waals surface area contributed by atoms with E-state index in [1.165, 1.54) is 19.4 Å². The van der Waals surface area contributed by atoms with E-state index in [0.29, 0.717) is 52.0 Å². The maximum absolute atomic E-state index is 16.1. The summed E-state index contributed by atoms with van der Waals surface area (Å²) in [5, 5.41) is 8.71. The normalized spacial score (nSPS) is 15.3. The zero-order chi connectivity index (χ0) is 26.4. The second-order valence-electron chi connectivity index (χ2n) is 9.76. The zero-order valence-electron chi connectivity index (χ0n) is 21.5. The average molecular weight is 514 g/mol. The first-order valence-electron chi connectivity index (χ1n) is 12.7. The molecule has 1 saturated heterocycles. The van der Waals surface area contributed by atoms with Crippen LogP contribution in [0.25, 0.3) is 33.2 Å². The Bertz CT molecular complexity index is 1630. The number of methoxy groups -OCH3 is 1. The van der Waals surface area contributed by atoms with E-state index in [9.17, 15) is 4.79 Å². The number of aryl methyl sites for hydroxylation is 2. The van der Waals surface area contributed by atoms with Gasteiger partial charge in [0.1, 0.15) is 5.82 Å². The van der Waals surface area contributed by atoms with E-state index in [-0.39, 0.29) is 17.8 Å². The SMILES string of the molecule is COC(=O)c1cnc2c3c(F)cc(-c4c(C)nnn4C)cc3n([C@H](c3ccccc3)C3CCOCC3)c2c1. The lowest BCUT2D eigenvalue weighted by Crippen LogP contribution is -2.27. The van der Waals surface area contributed by atoms with Crippen molar-refractivity contribution in [2.24, 2.45) is 13.0 Å². The molecule has 1 aliphatic rings. The highest BCUT2D eigenvalue weighted by Gasteiger charge is 2.31. The summed E-state index contributed by atoms with van der Waals surface area (Å²) < 4.78 is 30.6. The van der Waals surface area contributed by atoms with Crippen LogP contribution in [-0.2, 0) is 16.5 Å². The van der Waals surface area contributed by atoms with Crippen molar-refractivity contribution in [3.05, 3.63) is 77.4 Å². The third-order valence-corrected chi connectivity index (χ3v) is 7.51. The van der Waals surface area contributed by atoms with Gasteiger partial charge in [-0.15, -0.1) is 5.10 Å². The Morgan fingerprint density at radius 2 is 1.89 bits per heavy atom. The fraction of sp³-hybridized carbons (Fsp3) is 0.310. The number of nitrogens with zero attached hydrogens (tertiary/aromatic N) is 5. The van der Waals surface area contributed by atoms with Crippen LogP contribution in [0.15, 0.2) is 54.7 Å². The number of ether oxygens (including phenoxy) is 2. The smallest absolute Gasteiger partial charge is 0.339 e. The summed E-state index contributed by atoms with van der Waals surface area (Å²) in [5.74, 6) is -0.645. The number of fused-ring (bicyclic) bond motifs is 3. The number of benzene rings is 2. The fourth-order valence-corrected chi connectivity index (χ4v) is 5.81. The van der Waals surface area contributed by atoms with Gasteiger partial charge in [-0.3, -0.25) is 4.98 Å². The second-order valence-corrected chi connectivity index (χ2v) is 9.76. The minimum atomic E-state index is -0.490. The lowest BCUT2D eigenvalue weighted by Gasteiger charge is -2.33. The molecule has 8 nitrogen and oxygen atoms in total. The Morgan fingerprint density at radius 3 is 2.58 bits per heavy atom. The standard InChI is InChI=1S/C29H28FN5O3/c1-17-27(34(2)33-32-17)20-13-22(30)25-23(14-20)35(24-15-21(29(36)37-3)16-31-26(24)25)28(18-7-5-4-6-8-18)19-9-11-38-12-10-19/h4-8,13-16,19,28H,9-12H2,1-3H3/t28-/m1/s1. The van der Waals surface area contributed by atoms with Gasteiger partial charge in [-0.2, -0.15) is 0 Å². The molecular weight excluding hydrogens is 485 g/mol. The molecule has 1 atom stereocenters. The van der Waals surface area contributed by atoms with E-state index < -0.39 is 5.97 Å². The van der Waals surface area contributed by atoms with Gasteiger partial charge in [0.2, 0.25) is 0 Å². The number of rotatable bonds is 5. The quantitative estimate of drug-likeness (QED) is 0.299. The highest BCUT2D eigenvalue weighted by atomic mass is 19.1. The Hall–Kier alpha value is -4.11. The number of hydrogen-bond donors (Lipinski definition) is 0. The molecule has 5 aromatic rings. The van der Waals surface area contributed by atoms with E-state index in [0.717, 1.165) is 24.1 Å². The predicted molar refractivity (Wildman–Crippen MR) is 141 cm³/mol. The van der Waals surface area contributed by atoms with Gasteiger partial charge in [0, 0.05) is 32.0 Å². The molecule has 6 rings (SSSR count). The van der Waals surface area contributed by atoms with Crippen LogP contribution < -0.4 is 0 Å². The van der Waals surface area contributed by atoms with Crippen LogP contribution in [0.3, 0.4) is 0 Å². The van der Waals surface area contributed by atoms with Gasteiger partial charge in [-0.25, -0.2) is 13.9 Å². The summed E-state index contributed by atoms with van der Waals surface area (Å²) in [4.78, 5) is 17.1. The van der Waals surface area contributed by atoms with Gasteiger partial charge < -0.3 is 14.0 Å². The van der Waals surface area contributed by atoms with Crippen molar-refractivity contribution < 1.29 is 18.7 Å². The van der Waals surface area contributed by atoms with Crippen LogP contribution in [0.1, 0.15) is 40.5 Å². The van der Waals surface area contributed by atoms with Gasteiger partial charge in [-0.05, 0) is 49.4 Å². The maximum Gasteiger partial charge on any atom is 0.339 e. The van der Waals surface area contributed by atoms with Crippen molar-refractivity contribution >= 4 is 27.9 Å². The number of carbonyl (C=O) groups excluding carboxylic acids is 1. The van der Waals surface area contributed by atoms with Crippen LogP contribution >= 0.6 is 0 Å². The molecule has 38 heavy (non-hydrogen) atoms. The molecule has 1 aliphatic heterocycles. The van der Waals surface area contributed by atoms with E-state index in [1.54, 1.807) is 17.8 Å². The van der Waals surface area contributed by atoms with Crippen LogP contribution in [0.5, 0.6) is 0 Å². The first-order chi connectivity index (χ1) is 18.5. The molecule has 0 saturated carbocycles. The number of halogens is 1. The number of esters is 1. The van der Waals surface area contributed by atoms with E-state index in [4.69, 9.17) is 9.47 Å². The number of pyridine rings is 1. The van der Waals surface area contributed by atoms with Crippen LogP contribution in [0, 0.1) is 18.7 Å². The molecule has 2 aromatic carbocycles. The van der Waals surface area contributed by atoms with Gasteiger partial charge in [0.15, 0.2) is 0 Å². The molecule has 0 aliphatic carbocycles. The Balaban J connectivity index is 1.72. The summed E-state index contributed by atoms with van der Waals surface area (Å²) in [6, 6.07) is 15.4. The summed E-state index contributed by atoms with van der Waals surface area (Å²) in [5.41, 5.74) is 5.43. The average Bonchev–Trinajstić information content (AvgIpc) is 3.45. The second kappa shape index (κ2) is 9.64. The molecule has 4 heterocycles. The van der Waals surface area contributed by atoms with Crippen LogP contribution in [-0.4, -0.2) is 50.8 Å².